The third-order valence-electron chi connectivity index (χ3n) is 1.58. The van der Waals surface area contributed by atoms with Gasteiger partial charge >= 0.3 is 77.6 Å². The predicted octanol–water partition coefficient (Wildman–Crippen LogP) is 3.35. The van der Waals surface area contributed by atoms with E-state index in [0.29, 0.717) is 0 Å². The van der Waals surface area contributed by atoms with Crippen LogP contribution in [0.2, 0.25) is 0 Å². The van der Waals surface area contributed by atoms with Gasteiger partial charge in [-0.3, -0.25) is 0 Å². The normalized spacial score (nSPS) is 10.8. The van der Waals surface area contributed by atoms with E-state index in [1.165, 1.54) is 11.1 Å². The van der Waals surface area contributed by atoms with E-state index >= 15 is 0 Å². The molecule has 1 aromatic carbocycles. The standard InChI is InChI=1S/C8H9N.ClH.V/c1-6-4-3-5-7(2)8(6)9;;/h3-5H,1-2H3;1H;/q;;+1/p-1. The molecule has 0 saturated carbocycles. The molecule has 0 radical (unpaired) electrons. The van der Waals surface area contributed by atoms with E-state index in [9.17, 15) is 0 Å². The van der Waals surface area contributed by atoms with E-state index < -0.39 is 0 Å². The van der Waals surface area contributed by atoms with Crippen LogP contribution in [0.25, 0.3) is 0 Å². The van der Waals surface area contributed by atoms with Crippen LogP contribution in [0.4, 0.5) is 5.69 Å². The second kappa shape index (κ2) is 4.05. The molecule has 0 saturated heterocycles. The molecular formula is C8H9ClNV. The second-order valence-corrected chi connectivity index (χ2v) is 3.59. The van der Waals surface area contributed by atoms with E-state index in [-0.39, 0.29) is 15.1 Å². The number of hydrogen-bond acceptors (Lipinski definition) is 1. The van der Waals surface area contributed by atoms with Gasteiger partial charge in [0.25, 0.3) is 0 Å². The zero-order valence-corrected chi connectivity index (χ0v) is 8.66. The van der Waals surface area contributed by atoms with Crippen molar-refractivity contribution in [1.29, 1.82) is 0 Å². The maximum atomic E-state index is 5.61. The van der Waals surface area contributed by atoms with Crippen molar-refractivity contribution in [3.05, 3.63) is 29.3 Å². The molecule has 11 heavy (non-hydrogen) atoms. The Balaban J connectivity index is 3.20. The van der Waals surface area contributed by atoms with Crippen LogP contribution >= 0.6 is 9.85 Å². The molecule has 1 rings (SSSR count). The Morgan fingerprint density at radius 2 is 1.82 bits per heavy atom. The van der Waals surface area contributed by atoms with Gasteiger partial charge in [-0.2, -0.15) is 0 Å². The summed E-state index contributed by atoms with van der Waals surface area (Å²) in [4.78, 5) is 0. The van der Waals surface area contributed by atoms with Crippen LogP contribution in [0, 0.1) is 13.8 Å². The van der Waals surface area contributed by atoms with Gasteiger partial charge in [-0.1, -0.05) is 0 Å². The van der Waals surface area contributed by atoms with Gasteiger partial charge in [-0.25, -0.2) is 0 Å². The molecule has 0 aliphatic rings. The van der Waals surface area contributed by atoms with Crippen molar-refractivity contribution in [2.45, 2.75) is 13.8 Å². The number of halogens is 1. The van der Waals surface area contributed by atoms with Crippen molar-refractivity contribution in [3.63, 3.8) is 0 Å². The molecule has 0 fully saturated rings. The first-order valence-electron chi connectivity index (χ1n) is 3.34. The predicted molar refractivity (Wildman–Crippen MR) is 43.9 cm³/mol. The van der Waals surface area contributed by atoms with E-state index in [4.69, 9.17) is 9.85 Å². The molecule has 0 aliphatic heterocycles. The molecule has 58 valence electrons. The summed E-state index contributed by atoms with van der Waals surface area (Å²) < 4.78 is 4.26. The van der Waals surface area contributed by atoms with E-state index in [1.807, 2.05) is 6.07 Å². The zero-order chi connectivity index (χ0) is 8.27. The van der Waals surface area contributed by atoms with Crippen LogP contribution in [0.5, 0.6) is 0 Å². The van der Waals surface area contributed by atoms with Gasteiger partial charge in [0.2, 0.25) is 0 Å². The van der Waals surface area contributed by atoms with E-state index in [2.05, 4.69) is 29.8 Å². The first-order valence-corrected chi connectivity index (χ1v) is 5.88. The van der Waals surface area contributed by atoms with Crippen molar-refractivity contribution in [2.75, 3.05) is 0 Å². The van der Waals surface area contributed by atoms with Crippen LogP contribution < -0.4 is 0 Å². The first-order chi connectivity index (χ1) is 5.25. The monoisotopic (exact) mass is 205 g/mol. The van der Waals surface area contributed by atoms with Crippen LogP contribution in [-0.2, 0) is 15.1 Å². The minimum atomic E-state index is -0.382. The minimum absolute atomic E-state index is 0.382. The molecule has 0 unspecified atom stereocenters. The molecular weight excluding hydrogens is 196 g/mol. The van der Waals surface area contributed by atoms with Crippen molar-refractivity contribution in [3.8, 4) is 0 Å². The summed E-state index contributed by atoms with van der Waals surface area (Å²) in [5.41, 5.74) is 3.49. The van der Waals surface area contributed by atoms with Crippen molar-refractivity contribution in [2.24, 2.45) is 3.79 Å². The second-order valence-electron chi connectivity index (χ2n) is 2.42. The molecule has 0 atom stereocenters. The average molecular weight is 206 g/mol. The quantitative estimate of drug-likeness (QED) is 0.667. The number of aryl methyl sites for hydroxylation is 2. The molecule has 0 bridgehead atoms. The fourth-order valence-corrected chi connectivity index (χ4v) is 1.92. The summed E-state index contributed by atoms with van der Waals surface area (Å²) in [7, 11) is 5.61. The maximum absolute atomic E-state index is 5.61. The molecule has 0 spiro atoms. The molecule has 3 heteroatoms. The van der Waals surface area contributed by atoms with Crippen molar-refractivity contribution >= 4 is 15.5 Å². The van der Waals surface area contributed by atoms with Gasteiger partial charge in [-0.05, 0) is 0 Å². The number of rotatable bonds is 1. The summed E-state index contributed by atoms with van der Waals surface area (Å²) >= 11 is -0.382. The first kappa shape index (κ1) is 8.99. The third kappa shape index (κ3) is 2.16. The summed E-state index contributed by atoms with van der Waals surface area (Å²) in [6.07, 6.45) is 0. The van der Waals surface area contributed by atoms with Gasteiger partial charge in [0, 0.05) is 0 Å². The number of nitrogens with zero attached hydrogens (tertiary/aromatic N) is 1. The van der Waals surface area contributed by atoms with Gasteiger partial charge in [0.15, 0.2) is 0 Å². The van der Waals surface area contributed by atoms with Crippen LogP contribution in [-0.4, -0.2) is 0 Å². The molecule has 0 aliphatic carbocycles. The topological polar surface area (TPSA) is 12.4 Å². The van der Waals surface area contributed by atoms with Crippen LogP contribution in [0.3, 0.4) is 0 Å². The fraction of sp³-hybridized carbons (Fsp3) is 0.250. The van der Waals surface area contributed by atoms with E-state index in [0.717, 1.165) is 5.69 Å². The SMILES string of the molecule is Cc1cccc(C)c1[N]=[V][Cl]. The molecule has 1 aromatic rings. The van der Waals surface area contributed by atoms with Crippen molar-refractivity contribution < 1.29 is 15.1 Å². The third-order valence-corrected chi connectivity index (χ3v) is 2.32. The Bertz CT molecular complexity index is 263. The Morgan fingerprint density at radius 3 is 2.27 bits per heavy atom. The molecule has 1 nitrogen and oxygen atoms in total. The summed E-state index contributed by atoms with van der Waals surface area (Å²) in [6.45, 7) is 4.11. The Labute approximate surface area is 77.7 Å². The molecule has 0 heterocycles. The Kier molecular flexibility index (Phi) is 3.31. The van der Waals surface area contributed by atoms with E-state index in [1.54, 1.807) is 0 Å². The number of hydrogen-bond donors (Lipinski definition) is 0. The van der Waals surface area contributed by atoms with Crippen LogP contribution in [0.15, 0.2) is 22.0 Å². The molecule has 0 amide bonds. The van der Waals surface area contributed by atoms with Gasteiger partial charge < -0.3 is 0 Å². The summed E-state index contributed by atoms with van der Waals surface area (Å²) in [5, 5.41) is 0. The average Bonchev–Trinajstić information content (AvgIpc) is 1.97. The fourth-order valence-electron chi connectivity index (χ4n) is 1.00. The summed E-state index contributed by atoms with van der Waals surface area (Å²) in [5.74, 6) is 0. The van der Waals surface area contributed by atoms with Gasteiger partial charge in [0.05, 0.1) is 0 Å². The Morgan fingerprint density at radius 1 is 1.27 bits per heavy atom. The number of benzene rings is 1. The van der Waals surface area contributed by atoms with Crippen LogP contribution in [0.1, 0.15) is 11.1 Å². The van der Waals surface area contributed by atoms with Gasteiger partial charge in [0.1, 0.15) is 0 Å². The zero-order valence-electron chi connectivity index (χ0n) is 6.50. The molecule has 0 N–H and O–H groups in total. The molecule has 0 aromatic heterocycles. The summed E-state index contributed by atoms with van der Waals surface area (Å²) in [6, 6.07) is 6.15. The van der Waals surface area contributed by atoms with Crippen molar-refractivity contribution in [1.82, 2.24) is 0 Å². The Hall–Kier alpha value is -0.106. The van der Waals surface area contributed by atoms with Gasteiger partial charge in [-0.15, -0.1) is 0 Å².